The molecule has 0 aromatic heterocycles. The Morgan fingerprint density at radius 1 is 1.35 bits per heavy atom. The molecule has 1 atom stereocenters. The minimum absolute atomic E-state index is 0.0147. The number of benzene rings is 1. The van der Waals surface area contributed by atoms with Crippen molar-refractivity contribution in [3.8, 4) is 0 Å². The zero-order chi connectivity index (χ0) is 14.5. The zero-order valence-electron chi connectivity index (χ0n) is 11.9. The third-order valence-corrected chi connectivity index (χ3v) is 5.26. The normalized spacial score (nSPS) is 17.6. The number of rotatable bonds is 4. The Labute approximate surface area is 122 Å². The number of carbonyl (C=O) groups is 1. The predicted molar refractivity (Wildman–Crippen MR) is 81.9 cm³/mol. The molecular formula is C15H22N2O2S. The van der Waals surface area contributed by atoms with Crippen LogP contribution in [0.3, 0.4) is 0 Å². The van der Waals surface area contributed by atoms with Gasteiger partial charge in [0.1, 0.15) is 5.75 Å². The van der Waals surface area contributed by atoms with Crippen molar-refractivity contribution in [1.82, 2.24) is 5.32 Å². The molecule has 0 saturated heterocycles. The summed E-state index contributed by atoms with van der Waals surface area (Å²) >= 11 is 0. The average Bonchev–Trinajstić information content (AvgIpc) is 2.42. The van der Waals surface area contributed by atoms with E-state index in [4.69, 9.17) is 5.73 Å². The number of hydrogen-bond acceptors (Lipinski definition) is 3. The van der Waals surface area contributed by atoms with Crippen molar-refractivity contribution in [3.05, 3.63) is 23.8 Å². The van der Waals surface area contributed by atoms with Crippen molar-refractivity contribution in [2.75, 3.05) is 11.5 Å². The minimum atomic E-state index is -1.33. The number of nitrogens with one attached hydrogen (secondary N) is 1. The van der Waals surface area contributed by atoms with Crippen molar-refractivity contribution in [3.63, 3.8) is 0 Å². The Kier molecular flexibility index (Phi) is 5.17. The van der Waals surface area contributed by atoms with E-state index in [-0.39, 0.29) is 17.7 Å². The summed E-state index contributed by atoms with van der Waals surface area (Å²) in [5.74, 6) is -0.113. The fraction of sp³-hybridized carbons (Fsp3) is 0.533. The maximum Gasteiger partial charge on any atom is 0.233 e. The Morgan fingerprint density at radius 3 is 2.75 bits per heavy atom. The second-order valence-electron chi connectivity index (χ2n) is 5.36. The molecule has 1 aromatic rings. The zero-order valence-corrected chi connectivity index (χ0v) is 12.7. The molecule has 1 aliphatic carbocycles. The molecule has 4 nitrogen and oxygen atoms in total. The molecule has 0 spiro atoms. The van der Waals surface area contributed by atoms with Crippen LogP contribution in [0.25, 0.3) is 0 Å². The summed E-state index contributed by atoms with van der Waals surface area (Å²) in [6.07, 6.45) is 5.66. The standard InChI is InChI=1S/C15H22N2O2S/c1-11-13(16)8-5-9-14(11)20(19)10-15(18)17-12-6-3-2-4-7-12/h5,8-9,12H,2-4,6-7,10,16H2,1H3,(H,17,18). The number of hydrogen-bond donors (Lipinski definition) is 2. The molecule has 2 rings (SSSR count). The smallest absolute Gasteiger partial charge is 0.233 e. The lowest BCUT2D eigenvalue weighted by atomic mass is 9.95. The van der Waals surface area contributed by atoms with Crippen LogP contribution in [-0.2, 0) is 15.6 Å². The van der Waals surface area contributed by atoms with Gasteiger partial charge in [-0.2, -0.15) is 0 Å². The first-order valence-corrected chi connectivity index (χ1v) is 8.42. The molecule has 3 N–H and O–H groups in total. The largest absolute Gasteiger partial charge is 0.398 e. The topological polar surface area (TPSA) is 72.2 Å². The van der Waals surface area contributed by atoms with Gasteiger partial charge >= 0.3 is 0 Å². The molecule has 5 heteroatoms. The Balaban J connectivity index is 1.93. The highest BCUT2D eigenvalue weighted by Crippen LogP contribution is 2.20. The van der Waals surface area contributed by atoms with Crippen molar-refractivity contribution >= 4 is 22.4 Å². The number of carbonyl (C=O) groups excluding carboxylic acids is 1. The van der Waals surface area contributed by atoms with Crippen LogP contribution in [0.15, 0.2) is 23.1 Å². The predicted octanol–water partition coefficient (Wildman–Crippen LogP) is 2.13. The summed E-state index contributed by atoms with van der Waals surface area (Å²) in [6, 6.07) is 5.58. The van der Waals surface area contributed by atoms with Gasteiger partial charge in [0.2, 0.25) is 5.91 Å². The molecule has 1 amide bonds. The van der Waals surface area contributed by atoms with Gasteiger partial charge in [-0.1, -0.05) is 25.3 Å². The van der Waals surface area contributed by atoms with E-state index in [1.165, 1.54) is 19.3 Å². The first kappa shape index (κ1) is 15.0. The van der Waals surface area contributed by atoms with E-state index in [1.54, 1.807) is 18.2 Å². The molecule has 1 aromatic carbocycles. The molecule has 1 saturated carbocycles. The van der Waals surface area contributed by atoms with Gasteiger partial charge in [0.25, 0.3) is 0 Å². The van der Waals surface area contributed by atoms with Gasteiger partial charge in [-0.25, -0.2) is 0 Å². The molecule has 1 fully saturated rings. The van der Waals surface area contributed by atoms with E-state index in [1.807, 2.05) is 6.92 Å². The number of nitrogens with two attached hydrogens (primary N) is 1. The van der Waals surface area contributed by atoms with Crippen LogP contribution in [0.5, 0.6) is 0 Å². The molecule has 0 aliphatic heterocycles. The van der Waals surface area contributed by atoms with Crippen LogP contribution in [0, 0.1) is 6.92 Å². The monoisotopic (exact) mass is 294 g/mol. The van der Waals surface area contributed by atoms with Crippen molar-refractivity contribution in [2.24, 2.45) is 0 Å². The summed E-state index contributed by atoms with van der Waals surface area (Å²) in [5.41, 5.74) is 7.22. The molecular weight excluding hydrogens is 272 g/mol. The number of nitrogen functional groups attached to an aromatic ring is 1. The maximum absolute atomic E-state index is 12.3. The average molecular weight is 294 g/mol. The highest BCUT2D eigenvalue weighted by molar-refractivity contribution is 7.85. The number of amides is 1. The molecule has 0 radical (unpaired) electrons. The summed E-state index contributed by atoms with van der Waals surface area (Å²) in [6.45, 7) is 1.83. The van der Waals surface area contributed by atoms with E-state index >= 15 is 0 Å². The van der Waals surface area contributed by atoms with Crippen LogP contribution in [0.4, 0.5) is 5.69 Å². The Hall–Kier alpha value is -1.36. The van der Waals surface area contributed by atoms with E-state index in [0.29, 0.717) is 10.6 Å². The summed E-state index contributed by atoms with van der Waals surface area (Å²) in [7, 11) is -1.33. The lowest BCUT2D eigenvalue weighted by Crippen LogP contribution is -2.38. The highest BCUT2D eigenvalue weighted by Gasteiger charge is 2.18. The summed E-state index contributed by atoms with van der Waals surface area (Å²) < 4.78 is 12.3. The fourth-order valence-electron chi connectivity index (χ4n) is 2.59. The molecule has 110 valence electrons. The van der Waals surface area contributed by atoms with Crippen LogP contribution >= 0.6 is 0 Å². The quantitative estimate of drug-likeness (QED) is 0.836. The van der Waals surface area contributed by atoms with Gasteiger partial charge in [0, 0.05) is 16.6 Å². The van der Waals surface area contributed by atoms with Gasteiger partial charge in [-0.15, -0.1) is 0 Å². The Morgan fingerprint density at radius 2 is 2.05 bits per heavy atom. The molecule has 0 heterocycles. The van der Waals surface area contributed by atoms with Crippen LogP contribution in [0.1, 0.15) is 37.7 Å². The molecule has 20 heavy (non-hydrogen) atoms. The van der Waals surface area contributed by atoms with Gasteiger partial charge in [0.05, 0.1) is 10.8 Å². The van der Waals surface area contributed by atoms with Crippen LogP contribution < -0.4 is 11.1 Å². The van der Waals surface area contributed by atoms with E-state index < -0.39 is 10.8 Å². The molecule has 1 aliphatic rings. The van der Waals surface area contributed by atoms with Crippen molar-refractivity contribution in [2.45, 2.75) is 50.0 Å². The second-order valence-corrected chi connectivity index (χ2v) is 6.78. The molecule has 1 unspecified atom stereocenters. The molecule has 0 bridgehead atoms. The van der Waals surface area contributed by atoms with Gasteiger partial charge in [0.15, 0.2) is 0 Å². The Bertz CT molecular complexity index is 511. The SMILES string of the molecule is Cc1c(N)cccc1S(=O)CC(=O)NC1CCCCC1. The minimum Gasteiger partial charge on any atom is -0.398 e. The second kappa shape index (κ2) is 6.88. The first-order valence-electron chi connectivity index (χ1n) is 7.11. The van der Waals surface area contributed by atoms with Crippen molar-refractivity contribution < 1.29 is 9.00 Å². The summed E-state index contributed by atoms with van der Waals surface area (Å²) in [5, 5.41) is 2.99. The van der Waals surface area contributed by atoms with Crippen molar-refractivity contribution in [1.29, 1.82) is 0 Å². The van der Waals surface area contributed by atoms with E-state index in [2.05, 4.69) is 5.32 Å². The third-order valence-electron chi connectivity index (χ3n) is 3.80. The van der Waals surface area contributed by atoms with E-state index in [9.17, 15) is 9.00 Å². The van der Waals surface area contributed by atoms with Gasteiger partial charge < -0.3 is 11.1 Å². The summed E-state index contributed by atoms with van der Waals surface area (Å²) in [4.78, 5) is 12.6. The number of anilines is 1. The van der Waals surface area contributed by atoms with Crippen LogP contribution in [-0.4, -0.2) is 21.9 Å². The van der Waals surface area contributed by atoms with Gasteiger partial charge in [-0.3, -0.25) is 9.00 Å². The lowest BCUT2D eigenvalue weighted by Gasteiger charge is -2.22. The lowest BCUT2D eigenvalue weighted by molar-refractivity contribution is -0.119. The third kappa shape index (κ3) is 3.82. The highest BCUT2D eigenvalue weighted by atomic mass is 32.2. The first-order chi connectivity index (χ1) is 9.58. The van der Waals surface area contributed by atoms with E-state index in [0.717, 1.165) is 18.4 Å². The fourth-order valence-corrected chi connectivity index (χ4v) is 3.76. The van der Waals surface area contributed by atoms with Crippen LogP contribution in [0.2, 0.25) is 0 Å². The van der Waals surface area contributed by atoms with Gasteiger partial charge in [-0.05, 0) is 37.5 Å². The maximum atomic E-state index is 12.3.